The molecule has 0 radical (unpaired) electrons. The van der Waals surface area contributed by atoms with Gasteiger partial charge in [0.25, 0.3) is 5.78 Å². The molecule has 6 rings (SSSR count). The van der Waals surface area contributed by atoms with Crippen LogP contribution < -0.4 is 19.1 Å². The van der Waals surface area contributed by atoms with Gasteiger partial charge < -0.3 is 19.3 Å². The van der Waals surface area contributed by atoms with Crippen LogP contribution in [-0.4, -0.2) is 41.1 Å². The summed E-state index contributed by atoms with van der Waals surface area (Å²) in [6.07, 6.45) is 2.62. The lowest BCUT2D eigenvalue weighted by Gasteiger charge is -2.23. The van der Waals surface area contributed by atoms with E-state index in [1.165, 1.54) is 16.2 Å². The van der Waals surface area contributed by atoms with Crippen LogP contribution in [0.5, 0.6) is 17.2 Å². The van der Waals surface area contributed by atoms with Crippen LogP contribution in [0.15, 0.2) is 66.2 Å². The van der Waals surface area contributed by atoms with Gasteiger partial charge >= 0.3 is 5.91 Å². The summed E-state index contributed by atoms with van der Waals surface area (Å²) in [6.45, 7) is 7.06. The van der Waals surface area contributed by atoms with E-state index in [4.69, 9.17) is 19.2 Å². The van der Waals surface area contributed by atoms with E-state index in [2.05, 4.69) is 6.92 Å². The summed E-state index contributed by atoms with van der Waals surface area (Å²) in [7, 11) is 0. The summed E-state index contributed by atoms with van der Waals surface area (Å²) < 4.78 is 18.2. The summed E-state index contributed by atoms with van der Waals surface area (Å²) in [5.74, 6) is 0.330. The quantitative estimate of drug-likeness (QED) is 0.0997. The van der Waals surface area contributed by atoms with Crippen LogP contribution in [0.4, 0.5) is 5.13 Å². The number of carbonyl (C=O) groups excluding carboxylic acids is 2. The zero-order valence-corrected chi connectivity index (χ0v) is 24.6. The molecule has 1 saturated heterocycles. The lowest BCUT2D eigenvalue weighted by Crippen LogP contribution is -2.29. The molecule has 4 aromatic rings. The van der Waals surface area contributed by atoms with E-state index in [0.29, 0.717) is 52.9 Å². The lowest BCUT2D eigenvalue weighted by molar-refractivity contribution is -0.132. The molecule has 3 aromatic carbocycles. The summed E-state index contributed by atoms with van der Waals surface area (Å²) in [4.78, 5) is 33.6. The fraction of sp³-hybridized carbons (Fsp3) is 0.303. The Morgan fingerprint density at radius 2 is 1.90 bits per heavy atom. The molecule has 0 unspecified atom stereocenters. The van der Waals surface area contributed by atoms with Gasteiger partial charge in [0, 0.05) is 12.0 Å². The first-order valence-corrected chi connectivity index (χ1v) is 15.1. The average Bonchev–Trinajstić information content (AvgIpc) is 3.65. The second-order valence-electron chi connectivity index (χ2n) is 10.5. The number of benzene rings is 3. The van der Waals surface area contributed by atoms with E-state index < -0.39 is 17.7 Å². The molecule has 42 heavy (non-hydrogen) atoms. The number of hydrogen-bond donors (Lipinski definition) is 1. The number of amides is 1. The molecule has 2 aliphatic heterocycles. The molecule has 216 valence electrons. The zero-order chi connectivity index (χ0) is 29.4. The monoisotopic (exact) mass is 584 g/mol. The largest absolute Gasteiger partial charge is 0.507 e. The Morgan fingerprint density at radius 3 is 2.71 bits per heavy atom. The van der Waals surface area contributed by atoms with Gasteiger partial charge in [0.1, 0.15) is 29.1 Å². The highest BCUT2D eigenvalue weighted by molar-refractivity contribution is 7.22. The van der Waals surface area contributed by atoms with Gasteiger partial charge in [-0.25, -0.2) is 4.98 Å². The van der Waals surface area contributed by atoms with Crippen LogP contribution in [-0.2, 0) is 16.0 Å². The van der Waals surface area contributed by atoms with Crippen LogP contribution in [0.2, 0.25) is 0 Å². The Labute approximate surface area is 248 Å². The molecule has 0 saturated carbocycles. The predicted octanol–water partition coefficient (Wildman–Crippen LogP) is 6.82. The van der Waals surface area contributed by atoms with Gasteiger partial charge in [-0.3, -0.25) is 14.5 Å². The summed E-state index contributed by atoms with van der Waals surface area (Å²) in [5.41, 5.74) is 2.72. The normalized spacial score (nSPS) is 19.3. The minimum Gasteiger partial charge on any atom is -0.507 e. The molecule has 0 bridgehead atoms. The molecule has 1 N–H and O–H groups in total. The number of anilines is 1. The van der Waals surface area contributed by atoms with Gasteiger partial charge in [-0.2, -0.15) is 0 Å². The van der Waals surface area contributed by atoms with Crippen LogP contribution in [0.3, 0.4) is 0 Å². The van der Waals surface area contributed by atoms with E-state index in [0.717, 1.165) is 28.9 Å². The van der Waals surface area contributed by atoms with Crippen LogP contribution in [0.1, 0.15) is 56.3 Å². The van der Waals surface area contributed by atoms with Gasteiger partial charge in [-0.15, -0.1) is 0 Å². The third-order valence-electron chi connectivity index (χ3n) is 7.42. The molecule has 1 fully saturated rings. The maximum absolute atomic E-state index is 13.7. The second-order valence-corrected chi connectivity index (χ2v) is 11.5. The summed E-state index contributed by atoms with van der Waals surface area (Å²) in [6, 6.07) is 17.3. The fourth-order valence-electron chi connectivity index (χ4n) is 5.43. The minimum absolute atomic E-state index is 0.00637. The highest BCUT2D eigenvalue weighted by Gasteiger charge is 2.48. The van der Waals surface area contributed by atoms with Gasteiger partial charge in [0.2, 0.25) is 0 Å². The van der Waals surface area contributed by atoms with Gasteiger partial charge in [0.05, 0.1) is 35.0 Å². The topological polar surface area (TPSA) is 98.2 Å². The summed E-state index contributed by atoms with van der Waals surface area (Å²) >= 11 is 1.30. The Bertz CT molecular complexity index is 1710. The van der Waals surface area contributed by atoms with Crippen molar-refractivity contribution in [2.45, 2.75) is 52.2 Å². The molecule has 2 atom stereocenters. The number of Topliss-reactive ketones (excluding diaryl/α,β-unsaturated/α-hetero) is 1. The van der Waals surface area contributed by atoms with E-state index >= 15 is 0 Å². The Hall–Kier alpha value is -4.37. The van der Waals surface area contributed by atoms with Crippen molar-refractivity contribution in [2.24, 2.45) is 0 Å². The first kappa shape index (κ1) is 27.8. The third kappa shape index (κ3) is 5.09. The van der Waals surface area contributed by atoms with Crippen molar-refractivity contribution in [1.82, 2.24) is 4.98 Å². The number of carbonyl (C=O) groups is 2. The second kappa shape index (κ2) is 11.5. The van der Waals surface area contributed by atoms with Crippen molar-refractivity contribution in [1.29, 1.82) is 0 Å². The van der Waals surface area contributed by atoms with Crippen molar-refractivity contribution >= 4 is 44.1 Å². The first-order chi connectivity index (χ1) is 20.4. The zero-order valence-electron chi connectivity index (χ0n) is 23.8. The molecular weight excluding hydrogens is 552 g/mol. The maximum Gasteiger partial charge on any atom is 0.301 e. The predicted molar refractivity (Wildman–Crippen MR) is 163 cm³/mol. The third-order valence-corrected chi connectivity index (χ3v) is 8.44. The number of nitrogens with zero attached hydrogens (tertiary/aromatic N) is 2. The number of aliphatic hydroxyl groups is 1. The molecule has 2 aliphatic rings. The number of thiazole rings is 1. The SMILES string of the molecule is CCCCOc1cccc([C@H]2C(=C(O)c3ccc4c(c3)C[C@@H](C)O4)C(=O)C(=O)N2c2nc3ccc(OCC)cc3s2)c1. The van der Waals surface area contributed by atoms with Crippen molar-refractivity contribution in [2.75, 3.05) is 18.1 Å². The number of aliphatic hydroxyl groups excluding tert-OH is 1. The van der Waals surface area contributed by atoms with Crippen LogP contribution in [0.25, 0.3) is 16.0 Å². The highest BCUT2D eigenvalue weighted by atomic mass is 32.1. The molecule has 3 heterocycles. The minimum atomic E-state index is -0.907. The number of rotatable bonds is 9. The number of ketones is 1. The van der Waals surface area contributed by atoms with Gasteiger partial charge in [-0.1, -0.05) is 36.8 Å². The molecule has 1 aromatic heterocycles. The molecule has 9 heteroatoms. The van der Waals surface area contributed by atoms with Crippen molar-refractivity contribution in [3.8, 4) is 17.2 Å². The number of hydrogen-bond acceptors (Lipinski definition) is 8. The van der Waals surface area contributed by atoms with Crippen molar-refractivity contribution < 1.29 is 28.9 Å². The molecule has 8 nitrogen and oxygen atoms in total. The molecule has 1 amide bonds. The van der Waals surface area contributed by atoms with E-state index in [9.17, 15) is 14.7 Å². The van der Waals surface area contributed by atoms with Gasteiger partial charge in [-0.05, 0) is 79.9 Å². The fourth-order valence-corrected chi connectivity index (χ4v) is 6.45. The number of unbranched alkanes of at least 4 members (excludes halogenated alkanes) is 1. The lowest BCUT2D eigenvalue weighted by atomic mass is 9.94. The Morgan fingerprint density at radius 1 is 1.07 bits per heavy atom. The standard InChI is InChI=1S/C33H32N2O6S/c1-4-6-14-40-23-9-7-8-20(17-23)29-28(30(36)21-10-13-26-22(16-21)15-19(3)41-26)31(37)32(38)35(29)33-34-25-12-11-24(39-5-2)18-27(25)42-33/h7-13,16-19,29,36H,4-6,14-15H2,1-3H3/t19-,29+/m1/s1. The van der Waals surface area contributed by atoms with E-state index in [1.807, 2.05) is 62.4 Å². The van der Waals surface area contributed by atoms with Crippen molar-refractivity contribution in [3.05, 3.63) is 82.9 Å². The molecular formula is C33H32N2O6S. The highest BCUT2D eigenvalue weighted by Crippen LogP contribution is 2.45. The number of ether oxygens (including phenoxy) is 3. The van der Waals surface area contributed by atoms with Crippen LogP contribution >= 0.6 is 11.3 Å². The van der Waals surface area contributed by atoms with Gasteiger partial charge in [0.15, 0.2) is 5.13 Å². The van der Waals surface area contributed by atoms with Crippen LogP contribution in [0, 0.1) is 0 Å². The first-order valence-electron chi connectivity index (χ1n) is 14.2. The number of aromatic nitrogens is 1. The average molecular weight is 585 g/mol. The smallest absolute Gasteiger partial charge is 0.301 e. The van der Waals surface area contributed by atoms with E-state index in [1.54, 1.807) is 12.1 Å². The maximum atomic E-state index is 13.7. The Kier molecular flexibility index (Phi) is 7.60. The number of fused-ring (bicyclic) bond motifs is 2. The summed E-state index contributed by atoms with van der Waals surface area (Å²) in [5, 5.41) is 12.0. The molecule has 0 aliphatic carbocycles. The van der Waals surface area contributed by atoms with E-state index in [-0.39, 0.29) is 17.4 Å². The Balaban J connectivity index is 1.48. The van der Waals surface area contributed by atoms with Crippen molar-refractivity contribution in [3.63, 3.8) is 0 Å². The molecule has 0 spiro atoms.